The van der Waals surface area contributed by atoms with Crippen LogP contribution >= 0.6 is 0 Å². The second-order valence-corrected chi connectivity index (χ2v) is 6.07. The monoisotopic (exact) mass is 288 g/mol. The molecule has 1 fully saturated rings. The molecule has 0 aliphatic carbocycles. The highest BCUT2D eigenvalue weighted by atomic mass is 32.2. The molecule has 19 heavy (non-hydrogen) atoms. The molecule has 0 bridgehead atoms. The molecule has 0 amide bonds. The number of hydrogen-bond donors (Lipinski definition) is 3. The fourth-order valence-corrected chi connectivity index (χ4v) is 3.48. The van der Waals surface area contributed by atoms with Crippen LogP contribution in [-0.4, -0.2) is 46.4 Å². The third-order valence-electron chi connectivity index (χ3n) is 3.05. The first kappa shape index (κ1) is 14.0. The van der Waals surface area contributed by atoms with Gasteiger partial charge in [0.2, 0.25) is 0 Å². The maximum absolute atomic E-state index is 12.1. The Hall–Kier alpha value is -1.45. The van der Waals surface area contributed by atoms with Gasteiger partial charge in [-0.05, 0) is 19.3 Å². The molecule has 0 saturated carbocycles. The molecule has 1 aromatic rings. The second-order valence-electron chi connectivity index (χ2n) is 4.36. The fraction of sp³-hybridized carbons (Fsp3) is 0.600. The Morgan fingerprint density at radius 1 is 1.58 bits per heavy atom. The molecule has 0 aromatic carbocycles. The van der Waals surface area contributed by atoms with Crippen molar-refractivity contribution in [2.75, 3.05) is 6.54 Å². The van der Waals surface area contributed by atoms with Gasteiger partial charge in [-0.25, -0.2) is 4.98 Å². The molecule has 0 radical (unpaired) electrons. The van der Waals surface area contributed by atoms with Crippen LogP contribution in [0.25, 0.3) is 0 Å². The molecule has 1 unspecified atom stereocenters. The highest BCUT2D eigenvalue weighted by molar-refractivity contribution is 7.87. The summed E-state index contributed by atoms with van der Waals surface area (Å²) in [5.74, 6) is -1.10. The standard InChI is InChI=1S/C10H16N4O4S/c15-10(16)9-3-1-2-4-14(9)19(17,18)13-6-8-5-11-7-12-8/h5,7,9,13H,1-4,6H2,(H,11,12)(H,15,16). The smallest absolute Gasteiger partial charge is 0.322 e. The van der Waals surface area contributed by atoms with Gasteiger partial charge in [-0.3, -0.25) is 4.79 Å². The van der Waals surface area contributed by atoms with Gasteiger partial charge in [0.15, 0.2) is 0 Å². The van der Waals surface area contributed by atoms with E-state index in [9.17, 15) is 13.2 Å². The third-order valence-corrected chi connectivity index (χ3v) is 4.61. The summed E-state index contributed by atoms with van der Waals surface area (Å²) >= 11 is 0. The molecular formula is C10H16N4O4S. The molecule has 1 aliphatic rings. The highest BCUT2D eigenvalue weighted by Gasteiger charge is 2.36. The van der Waals surface area contributed by atoms with Crippen molar-refractivity contribution in [3.8, 4) is 0 Å². The molecule has 1 atom stereocenters. The Morgan fingerprint density at radius 3 is 3.00 bits per heavy atom. The Bertz CT molecular complexity index is 528. The number of piperidine rings is 1. The number of hydrogen-bond acceptors (Lipinski definition) is 4. The number of rotatable bonds is 5. The molecule has 106 valence electrons. The van der Waals surface area contributed by atoms with Gasteiger partial charge in [0.05, 0.1) is 12.9 Å². The lowest BCUT2D eigenvalue weighted by molar-refractivity contribution is -0.142. The first-order valence-corrected chi connectivity index (χ1v) is 7.41. The molecule has 2 heterocycles. The van der Waals surface area contributed by atoms with Gasteiger partial charge in [-0.1, -0.05) is 0 Å². The van der Waals surface area contributed by atoms with Crippen molar-refractivity contribution in [3.63, 3.8) is 0 Å². The summed E-state index contributed by atoms with van der Waals surface area (Å²) in [6.45, 7) is 0.292. The summed E-state index contributed by atoms with van der Waals surface area (Å²) in [4.78, 5) is 17.6. The first-order chi connectivity index (χ1) is 9.00. The zero-order chi connectivity index (χ0) is 13.9. The normalized spacial score (nSPS) is 21.4. The predicted octanol–water partition coefficient (Wildman–Crippen LogP) is -0.317. The van der Waals surface area contributed by atoms with Crippen LogP contribution in [0.2, 0.25) is 0 Å². The molecular weight excluding hydrogens is 272 g/mol. The number of carbonyl (C=O) groups is 1. The van der Waals surface area contributed by atoms with Crippen LogP contribution in [0.5, 0.6) is 0 Å². The summed E-state index contributed by atoms with van der Waals surface area (Å²) in [5.41, 5.74) is 0.618. The number of nitrogens with one attached hydrogen (secondary N) is 2. The minimum atomic E-state index is -3.80. The van der Waals surface area contributed by atoms with E-state index in [1.165, 1.54) is 12.5 Å². The maximum Gasteiger partial charge on any atom is 0.322 e. The number of aliphatic carboxylic acids is 1. The first-order valence-electron chi connectivity index (χ1n) is 5.97. The lowest BCUT2D eigenvalue weighted by Gasteiger charge is -2.31. The summed E-state index contributed by atoms with van der Waals surface area (Å²) in [6, 6.07) is -0.979. The van der Waals surface area contributed by atoms with Crippen LogP contribution in [0.4, 0.5) is 0 Å². The van der Waals surface area contributed by atoms with Crippen LogP contribution in [0, 0.1) is 0 Å². The Kier molecular flexibility index (Phi) is 4.17. The van der Waals surface area contributed by atoms with E-state index in [1.807, 2.05) is 0 Å². The van der Waals surface area contributed by atoms with Gasteiger partial charge in [0.1, 0.15) is 6.04 Å². The van der Waals surface area contributed by atoms with Crippen LogP contribution in [0.3, 0.4) is 0 Å². The van der Waals surface area contributed by atoms with Gasteiger partial charge >= 0.3 is 5.97 Å². The fourth-order valence-electron chi connectivity index (χ4n) is 2.07. The average Bonchev–Trinajstić information content (AvgIpc) is 2.89. The number of H-pyrrole nitrogens is 1. The third kappa shape index (κ3) is 3.31. The van der Waals surface area contributed by atoms with E-state index in [0.717, 1.165) is 10.7 Å². The topological polar surface area (TPSA) is 115 Å². The molecule has 9 heteroatoms. The van der Waals surface area contributed by atoms with E-state index in [-0.39, 0.29) is 13.1 Å². The van der Waals surface area contributed by atoms with Crippen molar-refractivity contribution in [2.45, 2.75) is 31.8 Å². The van der Waals surface area contributed by atoms with Crippen LogP contribution < -0.4 is 4.72 Å². The summed E-state index contributed by atoms with van der Waals surface area (Å²) in [5, 5.41) is 9.07. The van der Waals surface area contributed by atoms with Crippen LogP contribution in [-0.2, 0) is 21.5 Å². The number of carboxylic acids is 1. The summed E-state index contributed by atoms with van der Waals surface area (Å²) < 4.78 is 27.6. The van der Waals surface area contributed by atoms with E-state index in [1.54, 1.807) is 0 Å². The van der Waals surface area contributed by atoms with Crippen molar-refractivity contribution >= 4 is 16.2 Å². The van der Waals surface area contributed by atoms with Gasteiger partial charge in [-0.15, -0.1) is 0 Å². The summed E-state index contributed by atoms with van der Waals surface area (Å²) in [6.07, 6.45) is 4.70. The van der Waals surface area contributed by atoms with E-state index in [2.05, 4.69) is 14.7 Å². The van der Waals surface area contributed by atoms with Crippen molar-refractivity contribution in [1.82, 2.24) is 19.0 Å². The highest BCUT2D eigenvalue weighted by Crippen LogP contribution is 2.20. The van der Waals surface area contributed by atoms with Crippen molar-refractivity contribution < 1.29 is 18.3 Å². The van der Waals surface area contributed by atoms with Crippen LogP contribution in [0.1, 0.15) is 25.0 Å². The maximum atomic E-state index is 12.1. The Morgan fingerprint density at radius 2 is 2.37 bits per heavy atom. The van der Waals surface area contributed by atoms with Gasteiger partial charge in [-0.2, -0.15) is 17.4 Å². The lowest BCUT2D eigenvalue weighted by atomic mass is 10.1. The number of aromatic nitrogens is 2. The molecule has 1 saturated heterocycles. The zero-order valence-electron chi connectivity index (χ0n) is 10.2. The van der Waals surface area contributed by atoms with E-state index < -0.39 is 22.2 Å². The Labute approximate surface area is 111 Å². The predicted molar refractivity (Wildman–Crippen MR) is 66.3 cm³/mol. The van der Waals surface area contributed by atoms with Gasteiger partial charge in [0, 0.05) is 18.4 Å². The number of aromatic amines is 1. The number of imidazole rings is 1. The molecule has 8 nitrogen and oxygen atoms in total. The number of carboxylic acid groups (broad SMARTS) is 1. The molecule has 3 N–H and O–H groups in total. The van der Waals surface area contributed by atoms with Gasteiger partial charge in [0.25, 0.3) is 10.2 Å². The Balaban J connectivity index is 2.06. The zero-order valence-corrected chi connectivity index (χ0v) is 11.1. The van der Waals surface area contributed by atoms with E-state index >= 15 is 0 Å². The quantitative estimate of drug-likeness (QED) is 0.687. The minimum Gasteiger partial charge on any atom is -0.480 e. The second kappa shape index (κ2) is 5.68. The molecule has 1 aromatic heterocycles. The van der Waals surface area contributed by atoms with E-state index in [4.69, 9.17) is 5.11 Å². The van der Waals surface area contributed by atoms with Crippen LogP contribution in [0.15, 0.2) is 12.5 Å². The minimum absolute atomic E-state index is 0.0607. The average molecular weight is 288 g/mol. The molecule has 1 aliphatic heterocycles. The SMILES string of the molecule is O=C(O)C1CCCCN1S(=O)(=O)NCc1cnc[nH]1. The van der Waals surface area contributed by atoms with Crippen molar-refractivity contribution in [1.29, 1.82) is 0 Å². The van der Waals surface area contributed by atoms with E-state index in [0.29, 0.717) is 18.5 Å². The molecule has 0 spiro atoms. The van der Waals surface area contributed by atoms with Crippen molar-refractivity contribution in [3.05, 3.63) is 18.2 Å². The van der Waals surface area contributed by atoms with Gasteiger partial charge < -0.3 is 10.1 Å². The molecule has 2 rings (SSSR count). The largest absolute Gasteiger partial charge is 0.480 e. The lowest BCUT2D eigenvalue weighted by Crippen LogP contribution is -2.51. The van der Waals surface area contributed by atoms with Crippen molar-refractivity contribution in [2.24, 2.45) is 0 Å². The number of nitrogens with zero attached hydrogens (tertiary/aromatic N) is 2. The summed E-state index contributed by atoms with van der Waals surface area (Å²) in [7, 11) is -3.80.